The zero-order valence-electron chi connectivity index (χ0n) is 19.0. The number of anilines is 2. The van der Waals surface area contributed by atoms with Crippen molar-refractivity contribution in [2.45, 2.75) is 17.8 Å². The van der Waals surface area contributed by atoms with Crippen molar-refractivity contribution in [1.29, 1.82) is 0 Å². The molecule has 0 bridgehead atoms. The molecule has 0 spiro atoms. The molecule has 190 valence electrons. The first-order valence-electron chi connectivity index (χ1n) is 9.96. The zero-order chi connectivity index (χ0) is 26.0. The van der Waals surface area contributed by atoms with Crippen LogP contribution in [0.15, 0.2) is 26.5 Å². The number of carbonyl (C=O) groups excluding carboxylic acids is 4. The van der Waals surface area contributed by atoms with E-state index in [9.17, 15) is 29.5 Å². The number of carboxylic acids is 1. The van der Waals surface area contributed by atoms with E-state index in [2.05, 4.69) is 25.8 Å². The third-order valence-electron chi connectivity index (χ3n) is 4.91. The number of rotatable bonds is 9. The van der Waals surface area contributed by atoms with Crippen LogP contribution in [0.3, 0.4) is 0 Å². The number of nitrogen functional groups attached to an aromatic ring is 1. The molecule has 0 radical (unpaired) electrons. The van der Waals surface area contributed by atoms with Gasteiger partial charge < -0.3 is 31.9 Å². The fourth-order valence-electron chi connectivity index (χ4n) is 3.37. The monoisotopic (exact) mass is 592 g/mol. The first-order chi connectivity index (χ1) is 17.2. The number of urea groups is 1. The maximum Gasteiger partial charge on any atom is 1.00 e. The van der Waals surface area contributed by atoms with Crippen LogP contribution in [0.5, 0.6) is 0 Å². The molecule has 4 amide bonds. The molecule has 7 N–H and O–H groups in total. The maximum absolute atomic E-state index is 12.8. The van der Waals surface area contributed by atoms with Crippen LogP contribution in [0.25, 0.3) is 0 Å². The van der Waals surface area contributed by atoms with Crippen LogP contribution < -0.4 is 56.8 Å². The number of fused-ring (bicyclic) bond motifs is 1. The number of thiazole rings is 2. The summed E-state index contributed by atoms with van der Waals surface area (Å²) in [5.41, 5.74) is 10.7. The Morgan fingerprint density at radius 2 is 2.05 bits per heavy atom. The number of primary amides is 1. The molecule has 0 saturated carbocycles. The third-order valence-corrected chi connectivity index (χ3v) is 8.95. The Kier molecular flexibility index (Phi) is 9.84. The summed E-state index contributed by atoms with van der Waals surface area (Å²) in [6.45, 7) is 0. The predicted molar refractivity (Wildman–Crippen MR) is 133 cm³/mol. The van der Waals surface area contributed by atoms with E-state index >= 15 is 0 Å². The normalized spacial score (nSPS) is 19.0. The standard InChI is InChI=1S/C18H18N8O6S4.Na/c19-16(31)24-18-21-6(3-36-18)1-2-33-8-5-34-14-10(13(28)26(14)11(8)15(29)30)23-12(27)9(25-32)7-4-35-17(20)22-7;/h3-4,10,14,32H,1-2,5H2,(H2,20,22)(H,23,27)(H,29,30)(H3,19,21,24,31);/q;+1/p-1/b25-9-;/t10-,14-;/m1./s1. The second-order valence-corrected chi connectivity index (χ2v) is 11.2. The number of β-lactam (4-membered cyclic amide) rings is 1. The van der Waals surface area contributed by atoms with Gasteiger partial charge in [-0.05, 0) is 6.42 Å². The summed E-state index contributed by atoms with van der Waals surface area (Å²) < 4.78 is 0. The van der Waals surface area contributed by atoms with Crippen LogP contribution in [0.1, 0.15) is 11.4 Å². The molecule has 2 aliphatic heterocycles. The van der Waals surface area contributed by atoms with Gasteiger partial charge in [-0.15, -0.1) is 46.2 Å². The number of carboxylic acid groups (broad SMARTS) is 1. The van der Waals surface area contributed by atoms with E-state index in [1.807, 2.05) is 0 Å². The SMILES string of the molecule is NC(=O)Nc1nc(CCSC2=C(C(=O)[O-])N3C(=O)[C@@H](NC(=O)/C(=N\O)c4csc(N)n4)[C@H]3SC2)cs1.[Na+]. The number of hydrogen-bond donors (Lipinski definition) is 5. The van der Waals surface area contributed by atoms with Crippen molar-refractivity contribution in [3.8, 4) is 0 Å². The summed E-state index contributed by atoms with van der Waals surface area (Å²) in [7, 11) is 0. The molecule has 37 heavy (non-hydrogen) atoms. The first kappa shape index (κ1) is 29.2. The number of amides is 4. The van der Waals surface area contributed by atoms with Gasteiger partial charge in [0.2, 0.25) is 0 Å². The summed E-state index contributed by atoms with van der Waals surface area (Å²) in [5.74, 6) is -2.24. The van der Waals surface area contributed by atoms with Crippen molar-refractivity contribution >= 4 is 86.0 Å². The number of nitrogens with one attached hydrogen (secondary N) is 2. The Bertz CT molecular complexity index is 1300. The van der Waals surface area contributed by atoms with E-state index in [0.717, 1.165) is 16.2 Å². The van der Waals surface area contributed by atoms with E-state index in [0.29, 0.717) is 27.9 Å². The van der Waals surface area contributed by atoms with Crippen molar-refractivity contribution in [3.05, 3.63) is 32.8 Å². The second-order valence-electron chi connectivity index (χ2n) is 7.17. The van der Waals surface area contributed by atoms with Gasteiger partial charge in [0.1, 0.15) is 17.1 Å². The van der Waals surface area contributed by atoms with Gasteiger partial charge in [-0.3, -0.25) is 19.8 Å². The van der Waals surface area contributed by atoms with Gasteiger partial charge in [-0.1, -0.05) is 5.16 Å². The fourth-order valence-corrected chi connectivity index (χ4v) is 7.28. The minimum absolute atomic E-state index is 0. The van der Waals surface area contributed by atoms with Crippen molar-refractivity contribution in [2.75, 3.05) is 22.6 Å². The van der Waals surface area contributed by atoms with Gasteiger partial charge >= 0.3 is 35.6 Å². The Morgan fingerprint density at radius 1 is 1.30 bits per heavy atom. The van der Waals surface area contributed by atoms with Crippen molar-refractivity contribution in [1.82, 2.24) is 20.2 Å². The van der Waals surface area contributed by atoms with E-state index in [1.54, 1.807) is 5.38 Å². The van der Waals surface area contributed by atoms with Gasteiger partial charge in [0.25, 0.3) is 11.8 Å². The quantitative estimate of drug-likeness (QED) is 0.0623. The molecule has 19 heteroatoms. The first-order valence-corrected chi connectivity index (χ1v) is 13.8. The zero-order valence-corrected chi connectivity index (χ0v) is 24.3. The average molecular weight is 593 g/mol. The fraction of sp³-hybridized carbons (Fsp3) is 0.278. The Labute approximate surface area is 247 Å². The number of thioether (sulfide) groups is 2. The predicted octanol–water partition coefficient (Wildman–Crippen LogP) is -3.81. The maximum atomic E-state index is 12.8. The van der Waals surface area contributed by atoms with Gasteiger partial charge in [-0.25, -0.2) is 14.8 Å². The van der Waals surface area contributed by atoms with E-state index in [1.165, 1.54) is 40.2 Å². The number of aromatic nitrogens is 2. The Morgan fingerprint density at radius 3 is 2.68 bits per heavy atom. The number of carbonyl (C=O) groups is 4. The minimum atomic E-state index is -1.50. The molecule has 0 aliphatic carbocycles. The molecular formula is C18H17N8NaO6S4. The number of hydrogen-bond acceptors (Lipinski definition) is 14. The van der Waals surface area contributed by atoms with Crippen LogP contribution in [0.2, 0.25) is 0 Å². The van der Waals surface area contributed by atoms with E-state index in [-0.39, 0.29) is 51.8 Å². The Balaban J connectivity index is 0.00000380. The van der Waals surface area contributed by atoms with Crippen LogP contribution in [-0.2, 0) is 20.8 Å². The smallest absolute Gasteiger partial charge is 0.543 e. The summed E-state index contributed by atoms with van der Waals surface area (Å²) in [6, 6.07) is -1.74. The molecule has 14 nitrogen and oxygen atoms in total. The van der Waals surface area contributed by atoms with Gasteiger partial charge in [-0.2, -0.15) is 0 Å². The summed E-state index contributed by atoms with van der Waals surface area (Å²) in [5, 5.41) is 32.0. The van der Waals surface area contributed by atoms with Crippen molar-refractivity contribution in [2.24, 2.45) is 10.9 Å². The topological polar surface area (TPSA) is 229 Å². The van der Waals surface area contributed by atoms with Crippen LogP contribution >= 0.6 is 46.2 Å². The number of nitrogens with zero attached hydrogens (tertiary/aromatic N) is 4. The summed E-state index contributed by atoms with van der Waals surface area (Å²) >= 11 is 4.80. The largest absolute Gasteiger partial charge is 1.00 e. The van der Waals surface area contributed by atoms with Crippen LogP contribution in [0, 0.1) is 0 Å². The Hall–Kier alpha value is -2.35. The molecule has 4 rings (SSSR count). The molecule has 0 unspecified atom stereocenters. The van der Waals surface area contributed by atoms with Crippen LogP contribution in [-0.4, -0.2) is 72.5 Å². The molecule has 2 aromatic heterocycles. The molecule has 2 aromatic rings. The van der Waals surface area contributed by atoms with Gasteiger partial charge in [0.15, 0.2) is 16.0 Å². The van der Waals surface area contributed by atoms with Gasteiger partial charge in [0.05, 0.1) is 17.4 Å². The summed E-state index contributed by atoms with van der Waals surface area (Å²) in [6.07, 6.45) is 0.483. The van der Waals surface area contributed by atoms with E-state index < -0.39 is 40.9 Å². The number of nitrogens with two attached hydrogens (primary N) is 2. The van der Waals surface area contributed by atoms with Crippen molar-refractivity contribution in [3.63, 3.8) is 0 Å². The molecule has 1 saturated heterocycles. The molecule has 2 atom stereocenters. The minimum Gasteiger partial charge on any atom is -0.543 e. The van der Waals surface area contributed by atoms with Gasteiger partial charge in [0, 0.05) is 27.2 Å². The second kappa shape index (κ2) is 12.5. The van der Waals surface area contributed by atoms with E-state index in [4.69, 9.17) is 11.5 Å². The molecule has 1 fully saturated rings. The number of oxime groups is 1. The molecule has 0 aromatic carbocycles. The average Bonchev–Trinajstić information content (AvgIpc) is 3.45. The number of aliphatic carboxylic acids is 1. The molecule has 4 heterocycles. The molecule has 2 aliphatic rings. The third kappa shape index (κ3) is 6.39. The summed E-state index contributed by atoms with van der Waals surface area (Å²) in [4.78, 5) is 57.8. The number of aryl methyl sites for hydroxylation is 1. The van der Waals surface area contributed by atoms with Crippen molar-refractivity contribution < 1.29 is 59.0 Å². The molecular weight excluding hydrogens is 576 g/mol. The van der Waals surface area contributed by atoms with Crippen LogP contribution in [0.4, 0.5) is 15.1 Å².